The van der Waals surface area contributed by atoms with Gasteiger partial charge in [-0.25, -0.2) is 9.97 Å². The molecule has 0 spiro atoms. The zero-order chi connectivity index (χ0) is 27.6. The summed E-state index contributed by atoms with van der Waals surface area (Å²) in [4.78, 5) is 32.5. The first kappa shape index (κ1) is 27.4. The summed E-state index contributed by atoms with van der Waals surface area (Å²) in [6, 6.07) is 11.5. The summed E-state index contributed by atoms with van der Waals surface area (Å²) < 4.78 is 14.3. The second-order valence-corrected chi connectivity index (χ2v) is 11.0. The van der Waals surface area contributed by atoms with Crippen LogP contribution in [-0.4, -0.2) is 32.4 Å². The Labute approximate surface area is 234 Å². The number of halogens is 2. The molecule has 10 nitrogen and oxygen atoms in total. The molecule has 0 atom stereocenters. The molecular weight excluding hydrogens is 622 g/mol. The maximum atomic E-state index is 13.4. The van der Waals surface area contributed by atoms with Crippen LogP contribution in [0, 0.1) is 10.1 Å². The molecule has 0 amide bonds. The fourth-order valence-corrected chi connectivity index (χ4v) is 4.44. The third-order valence-electron chi connectivity index (χ3n) is 5.27. The molecule has 2 aromatic heterocycles. The fraction of sp³-hybridized carbons (Fsp3) is 0.231. The molecule has 4 rings (SSSR count). The summed E-state index contributed by atoms with van der Waals surface area (Å²) in [5.41, 5.74) is 0.339. The molecule has 0 radical (unpaired) electrons. The molecule has 12 heteroatoms. The molecule has 0 N–H and O–H groups in total. The van der Waals surface area contributed by atoms with Crippen molar-refractivity contribution in [2.75, 3.05) is 6.61 Å². The molecule has 38 heavy (non-hydrogen) atoms. The van der Waals surface area contributed by atoms with Gasteiger partial charge in [-0.3, -0.25) is 14.9 Å². The highest BCUT2D eigenvalue weighted by Crippen LogP contribution is 2.39. The van der Waals surface area contributed by atoms with Crippen molar-refractivity contribution in [2.45, 2.75) is 33.1 Å². The lowest BCUT2D eigenvalue weighted by molar-refractivity contribution is -0.385. The number of nitrogens with zero attached hydrogens (tertiary/aromatic N) is 5. The summed E-state index contributed by atoms with van der Waals surface area (Å²) in [6.45, 7) is 8.08. The van der Waals surface area contributed by atoms with E-state index in [9.17, 15) is 14.9 Å². The van der Waals surface area contributed by atoms with Gasteiger partial charge in [-0.1, -0.05) is 36.7 Å². The summed E-state index contributed by atoms with van der Waals surface area (Å²) in [6.07, 6.45) is 2.66. The Hall–Kier alpha value is -3.64. The number of rotatable bonds is 7. The van der Waals surface area contributed by atoms with Gasteiger partial charge in [0.25, 0.3) is 11.2 Å². The van der Waals surface area contributed by atoms with E-state index in [0.717, 1.165) is 10.7 Å². The predicted molar refractivity (Wildman–Crippen MR) is 152 cm³/mol. The van der Waals surface area contributed by atoms with E-state index in [1.165, 1.54) is 16.8 Å². The lowest BCUT2D eigenvalue weighted by Gasteiger charge is -2.21. The van der Waals surface area contributed by atoms with Gasteiger partial charge < -0.3 is 9.47 Å². The summed E-state index contributed by atoms with van der Waals surface area (Å²) in [5, 5.41) is 15.9. The molecule has 196 valence electrons. The van der Waals surface area contributed by atoms with Crippen LogP contribution in [0.2, 0.25) is 0 Å². The molecule has 4 aromatic rings. The highest BCUT2D eigenvalue weighted by molar-refractivity contribution is 9.10. The number of benzene rings is 2. The minimum Gasteiger partial charge on any atom is -0.490 e. The lowest BCUT2D eigenvalue weighted by Crippen LogP contribution is -2.29. The molecule has 0 saturated carbocycles. The first-order chi connectivity index (χ1) is 18.0. The first-order valence-corrected chi connectivity index (χ1v) is 13.1. The van der Waals surface area contributed by atoms with E-state index in [2.05, 4.69) is 41.9 Å². The quantitative estimate of drug-likeness (QED) is 0.126. The summed E-state index contributed by atoms with van der Waals surface area (Å²) in [7, 11) is 0. The smallest absolute Gasteiger partial charge is 0.287 e. The van der Waals surface area contributed by atoms with Gasteiger partial charge in [-0.15, -0.1) is 0 Å². The van der Waals surface area contributed by atoms with Crippen LogP contribution in [0.1, 0.15) is 39.1 Å². The Balaban J connectivity index is 1.76. The largest absolute Gasteiger partial charge is 0.490 e. The van der Waals surface area contributed by atoms with Crippen LogP contribution in [0.25, 0.3) is 10.9 Å². The van der Waals surface area contributed by atoms with Crippen molar-refractivity contribution in [2.24, 2.45) is 5.10 Å². The SMILES string of the molecule is CCOc1cc(C=Nn2c(C(C)(C)C)nc3ccc(Br)cc3c2=O)cc(Br)c1Oc1ccc([N+](=O)[O-])cn1. The summed E-state index contributed by atoms with van der Waals surface area (Å²) >= 11 is 6.92. The maximum Gasteiger partial charge on any atom is 0.287 e. The van der Waals surface area contributed by atoms with Crippen LogP contribution in [0.5, 0.6) is 17.4 Å². The molecule has 0 aliphatic carbocycles. The van der Waals surface area contributed by atoms with Crippen LogP contribution in [-0.2, 0) is 5.41 Å². The van der Waals surface area contributed by atoms with Crippen molar-refractivity contribution in [3.8, 4) is 17.4 Å². The van der Waals surface area contributed by atoms with Crippen LogP contribution in [0.3, 0.4) is 0 Å². The van der Waals surface area contributed by atoms with Gasteiger partial charge in [-0.2, -0.15) is 9.78 Å². The van der Waals surface area contributed by atoms with Crippen LogP contribution in [0.15, 0.2) is 67.5 Å². The van der Waals surface area contributed by atoms with E-state index in [0.29, 0.717) is 44.9 Å². The number of ether oxygens (including phenoxy) is 2. The number of hydrogen-bond donors (Lipinski definition) is 0. The second kappa shape index (κ2) is 11.0. The van der Waals surface area contributed by atoms with Gasteiger partial charge in [0.05, 0.1) is 33.1 Å². The van der Waals surface area contributed by atoms with E-state index < -0.39 is 10.3 Å². The van der Waals surface area contributed by atoms with Crippen molar-refractivity contribution in [1.82, 2.24) is 14.6 Å². The highest BCUT2D eigenvalue weighted by Gasteiger charge is 2.23. The Morgan fingerprint density at radius 1 is 1.16 bits per heavy atom. The third-order valence-corrected chi connectivity index (χ3v) is 6.35. The van der Waals surface area contributed by atoms with Gasteiger partial charge >= 0.3 is 0 Å². The predicted octanol–water partition coefficient (Wildman–Crippen LogP) is 6.60. The van der Waals surface area contributed by atoms with E-state index in [1.54, 1.807) is 30.5 Å². The average Bonchev–Trinajstić information content (AvgIpc) is 2.85. The van der Waals surface area contributed by atoms with Gasteiger partial charge in [-0.05, 0) is 58.7 Å². The molecule has 2 heterocycles. The fourth-order valence-electron chi connectivity index (χ4n) is 3.54. The normalized spacial score (nSPS) is 11.7. The Morgan fingerprint density at radius 2 is 1.92 bits per heavy atom. The number of aromatic nitrogens is 3. The molecule has 0 bridgehead atoms. The molecule has 2 aromatic carbocycles. The molecule has 0 saturated heterocycles. The zero-order valence-electron chi connectivity index (χ0n) is 20.9. The van der Waals surface area contributed by atoms with E-state index in [1.807, 2.05) is 33.8 Å². The third kappa shape index (κ3) is 5.91. The zero-order valence-corrected chi connectivity index (χ0v) is 24.1. The van der Waals surface area contributed by atoms with E-state index >= 15 is 0 Å². The highest BCUT2D eigenvalue weighted by atomic mass is 79.9. The first-order valence-electron chi connectivity index (χ1n) is 11.5. The van der Waals surface area contributed by atoms with Gasteiger partial charge in [0.15, 0.2) is 11.5 Å². The topological polar surface area (TPSA) is 122 Å². The summed E-state index contributed by atoms with van der Waals surface area (Å²) in [5.74, 6) is 1.41. The van der Waals surface area contributed by atoms with Crippen molar-refractivity contribution >= 4 is 54.7 Å². The van der Waals surface area contributed by atoms with Gasteiger partial charge in [0.1, 0.15) is 12.0 Å². The number of hydrogen-bond acceptors (Lipinski definition) is 8. The van der Waals surface area contributed by atoms with Gasteiger partial charge in [0.2, 0.25) is 5.88 Å². The molecule has 0 fully saturated rings. The lowest BCUT2D eigenvalue weighted by atomic mass is 9.95. The Kier molecular flexibility index (Phi) is 7.93. The number of fused-ring (bicyclic) bond motifs is 1. The molecule has 0 aliphatic rings. The second-order valence-electron chi connectivity index (χ2n) is 9.19. The van der Waals surface area contributed by atoms with Gasteiger partial charge in [0, 0.05) is 22.0 Å². The van der Waals surface area contributed by atoms with Crippen molar-refractivity contribution in [1.29, 1.82) is 0 Å². The van der Waals surface area contributed by atoms with Crippen LogP contribution in [0.4, 0.5) is 5.69 Å². The van der Waals surface area contributed by atoms with Crippen molar-refractivity contribution in [3.05, 3.63) is 89.5 Å². The standard InChI is InChI=1S/C26H23Br2N5O5/c1-5-37-21-11-15(10-19(28)23(21)38-22-9-7-17(14-29-22)33(35)36)13-30-32-24(34)18-12-16(27)6-8-20(18)31-25(32)26(2,3)4/h6-14H,5H2,1-4H3. The number of nitro groups is 1. The number of pyridine rings is 1. The average molecular weight is 645 g/mol. The monoisotopic (exact) mass is 643 g/mol. The van der Waals surface area contributed by atoms with Crippen LogP contribution >= 0.6 is 31.9 Å². The minimum atomic E-state index is -0.535. The Bertz CT molecular complexity index is 1610. The molecule has 0 unspecified atom stereocenters. The maximum absolute atomic E-state index is 13.4. The van der Waals surface area contributed by atoms with E-state index in [-0.39, 0.29) is 17.1 Å². The van der Waals surface area contributed by atoms with Crippen molar-refractivity contribution in [3.63, 3.8) is 0 Å². The van der Waals surface area contributed by atoms with Crippen molar-refractivity contribution < 1.29 is 14.4 Å². The minimum absolute atomic E-state index is 0.145. The molecule has 0 aliphatic heterocycles. The molecular formula is C26H23Br2N5O5. The van der Waals surface area contributed by atoms with Crippen LogP contribution < -0.4 is 15.0 Å². The van der Waals surface area contributed by atoms with E-state index in [4.69, 9.17) is 14.5 Å². The Morgan fingerprint density at radius 3 is 2.55 bits per heavy atom.